The van der Waals surface area contributed by atoms with Gasteiger partial charge in [0.25, 0.3) is 0 Å². The number of aromatic nitrogens is 1. The Kier molecular flexibility index (Phi) is 3.35. The van der Waals surface area contributed by atoms with Gasteiger partial charge in [0.15, 0.2) is 11.6 Å². The van der Waals surface area contributed by atoms with E-state index in [2.05, 4.69) is 20.9 Å². The molecular weight excluding hydrogens is 296 g/mol. The Labute approximate surface area is 104 Å². The van der Waals surface area contributed by atoms with Crippen LogP contribution in [0, 0.1) is 11.6 Å². The number of benzene rings is 1. The number of hydrogen-bond donors (Lipinski definition) is 0. The van der Waals surface area contributed by atoms with Crippen LogP contribution in [0.4, 0.5) is 8.78 Å². The molecule has 0 fully saturated rings. The fourth-order valence-corrected chi connectivity index (χ4v) is 2.81. The highest BCUT2D eigenvalue weighted by molar-refractivity contribution is 9.10. The number of halogens is 3. The van der Waals surface area contributed by atoms with Crippen molar-refractivity contribution >= 4 is 27.3 Å². The molecule has 1 aromatic heterocycles. The van der Waals surface area contributed by atoms with Crippen LogP contribution in [0.1, 0.15) is 11.8 Å². The molecule has 5 heteroatoms. The van der Waals surface area contributed by atoms with Gasteiger partial charge in [0.05, 0.1) is 4.47 Å². The van der Waals surface area contributed by atoms with Gasteiger partial charge in [-0.1, -0.05) is 6.92 Å². The molecule has 2 aromatic rings. The van der Waals surface area contributed by atoms with Crippen LogP contribution < -0.4 is 0 Å². The van der Waals surface area contributed by atoms with Gasteiger partial charge in [0, 0.05) is 16.6 Å². The maximum absolute atomic E-state index is 13.3. The number of nitrogens with zero attached hydrogens (tertiary/aromatic N) is 1. The lowest BCUT2D eigenvalue weighted by Crippen LogP contribution is -1.88. The Balaban J connectivity index is 2.52. The van der Waals surface area contributed by atoms with E-state index in [9.17, 15) is 8.78 Å². The second-order valence-corrected chi connectivity index (χ2v) is 5.12. The normalized spacial score (nSPS) is 10.8. The van der Waals surface area contributed by atoms with Crippen LogP contribution in [-0.4, -0.2) is 4.98 Å². The molecule has 1 aromatic carbocycles. The molecule has 0 aliphatic heterocycles. The summed E-state index contributed by atoms with van der Waals surface area (Å²) in [5.74, 6) is -1.73. The van der Waals surface area contributed by atoms with Gasteiger partial charge in [-0.3, -0.25) is 0 Å². The molecule has 0 saturated carbocycles. The molecule has 0 atom stereocenters. The van der Waals surface area contributed by atoms with Crippen molar-refractivity contribution < 1.29 is 8.78 Å². The molecule has 16 heavy (non-hydrogen) atoms. The molecule has 0 saturated heterocycles. The standard InChI is InChI=1S/C11H8BrF2NS/c1-2-6-5-15-11(16-6)7-3-4-8(13)10(14)9(7)12/h3-5H,2H2,1H3. The molecule has 0 aliphatic rings. The van der Waals surface area contributed by atoms with E-state index in [1.54, 1.807) is 6.20 Å². The second kappa shape index (κ2) is 4.59. The van der Waals surface area contributed by atoms with Crippen molar-refractivity contribution in [3.05, 3.63) is 39.3 Å². The number of hydrogen-bond acceptors (Lipinski definition) is 2. The molecule has 0 bridgehead atoms. The van der Waals surface area contributed by atoms with E-state index in [1.165, 1.54) is 17.4 Å². The highest BCUT2D eigenvalue weighted by Crippen LogP contribution is 2.34. The summed E-state index contributed by atoms with van der Waals surface area (Å²) in [6.07, 6.45) is 2.65. The first kappa shape index (κ1) is 11.7. The summed E-state index contributed by atoms with van der Waals surface area (Å²) in [6, 6.07) is 2.64. The van der Waals surface area contributed by atoms with Crippen LogP contribution in [0.25, 0.3) is 10.6 Å². The Hall–Kier alpha value is -0.810. The topological polar surface area (TPSA) is 12.9 Å². The first-order valence-corrected chi connectivity index (χ1v) is 6.33. The molecule has 1 heterocycles. The van der Waals surface area contributed by atoms with Crippen molar-refractivity contribution in [2.75, 3.05) is 0 Å². The molecule has 84 valence electrons. The zero-order chi connectivity index (χ0) is 11.7. The Morgan fingerprint density at radius 2 is 2.12 bits per heavy atom. The lowest BCUT2D eigenvalue weighted by molar-refractivity contribution is 0.505. The van der Waals surface area contributed by atoms with E-state index in [1.807, 2.05) is 6.92 Å². The molecule has 1 nitrogen and oxygen atoms in total. The molecule has 0 aliphatic carbocycles. The highest BCUT2D eigenvalue weighted by atomic mass is 79.9. The van der Waals surface area contributed by atoms with Crippen LogP contribution in [-0.2, 0) is 6.42 Å². The third kappa shape index (κ3) is 2.01. The summed E-state index contributed by atoms with van der Waals surface area (Å²) in [5.41, 5.74) is 0.587. The van der Waals surface area contributed by atoms with E-state index in [4.69, 9.17) is 0 Å². The summed E-state index contributed by atoms with van der Waals surface area (Å²) in [7, 11) is 0. The lowest BCUT2D eigenvalue weighted by atomic mass is 10.2. The summed E-state index contributed by atoms with van der Waals surface area (Å²) < 4.78 is 26.4. The molecular formula is C11H8BrF2NS. The van der Waals surface area contributed by atoms with Crippen LogP contribution >= 0.6 is 27.3 Å². The van der Waals surface area contributed by atoms with Gasteiger partial charge in [0.2, 0.25) is 0 Å². The van der Waals surface area contributed by atoms with Crippen molar-refractivity contribution in [3.8, 4) is 10.6 Å². The van der Waals surface area contributed by atoms with E-state index in [-0.39, 0.29) is 4.47 Å². The molecule has 0 radical (unpaired) electrons. The summed E-state index contributed by atoms with van der Waals surface area (Å²) in [6.45, 7) is 2.03. The summed E-state index contributed by atoms with van der Waals surface area (Å²) >= 11 is 4.54. The van der Waals surface area contributed by atoms with Gasteiger partial charge in [-0.15, -0.1) is 11.3 Å². The van der Waals surface area contributed by atoms with Crippen LogP contribution in [0.2, 0.25) is 0 Å². The first-order valence-electron chi connectivity index (χ1n) is 4.72. The molecule has 0 N–H and O–H groups in total. The van der Waals surface area contributed by atoms with Crippen LogP contribution in [0.5, 0.6) is 0 Å². The third-order valence-corrected chi connectivity index (χ3v) is 4.12. The minimum absolute atomic E-state index is 0.129. The van der Waals surface area contributed by atoms with Gasteiger partial charge in [-0.05, 0) is 34.5 Å². The number of rotatable bonds is 2. The zero-order valence-corrected chi connectivity index (χ0v) is 10.8. The zero-order valence-electron chi connectivity index (χ0n) is 8.43. The first-order chi connectivity index (χ1) is 7.63. The average Bonchev–Trinajstić information content (AvgIpc) is 2.74. The van der Waals surface area contributed by atoms with E-state index < -0.39 is 11.6 Å². The van der Waals surface area contributed by atoms with Gasteiger partial charge in [-0.2, -0.15) is 0 Å². The van der Waals surface area contributed by atoms with Gasteiger partial charge >= 0.3 is 0 Å². The lowest BCUT2D eigenvalue weighted by Gasteiger charge is -2.02. The summed E-state index contributed by atoms with van der Waals surface area (Å²) in [5, 5.41) is 0.697. The quantitative estimate of drug-likeness (QED) is 0.749. The predicted octanol–water partition coefficient (Wildman–Crippen LogP) is 4.41. The second-order valence-electron chi connectivity index (χ2n) is 3.21. The largest absolute Gasteiger partial charge is 0.244 e. The van der Waals surface area contributed by atoms with Crippen molar-refractivity contribution in [3.63, 3.8) is 0 Å². The third-order valence-electron chi connectivity index (χ3n) is 2.17. The Morgan fingerprint density at radius 1 is 1.38 bits per heavy atom. The van der Waals surface area contributed by atoms with Crippen LogP contribution in [0.15, 0.2) is 22.8 Å². The molecule has 2 rings (SSSR count). The van der Waals surface area contributed by atoms with Gasteiger partial charge in [0.1, 0.15) is 5.01 Å². The fraction of sp³-hybridized carbons (Fsp3) is 0.182. The molecule has 0 amide bonds. The average molecular weight is 304 g/mol. The van der Waals surface area contributed by atoms with Crippen LogP contribution in [0.3, 0.4) is 0 Å². The minimum Gasteiger partial charge on any atom is -0.244 e. The predicted molar refractivity (Wildman–Crippen MR) is 64.5 cm³/mol. The monoisotopic (exact) mass is 303 g/mol. The van der Waals surface area contributed by atoms with Crippen molar-refractivity contribution in [1.29, 1.82) is 0 Å². The SMILES string of the molecule is CCc1cnc(-c2ccc(F)c(F)c2Br)s1. The minimum atomic E-state index is -0.870. The highest BCUT2D eigenvalue weighted by Gasteiger charge is 2.14. The Morgan fingerprint density at radius 3 is 2.75 bits per heavy atom. The van der Waals surface area contributed by atoms with Crippen molar-refractivity contribution in [2.24, 2.45) is 0 Å². The number of aryl methyl sites for hydroxylation is 1. The van der Waals surface area contributed by atoms with E-state index in [0.717, 1.165) is 17.4 Å². The van der Waals surface area contributed by atoms with E-state index in [0.29, 0.717) is 10.6 Å². The van der Waals surface area contributed by atoms with Gasteiger partial charge < -0.3 is 0 Å². The maximum Gasteiger partial charge on any atom is 0.173 e. The Bertz CT molecular complexity index is 525. The maximum atomic E-state index is 13.3. The molecule has 0 unspecified atom stereocenters. The van der Waals surface area contributed by atoms with Gasteiger partial charge in [-0.25, -0.2) is 13.8 Å². The van der Waals surface area contributed by atoms with Crippen molar-refractivity contribution in [2.45, 2.75) is 13.3 Å². The summed E-state index contributed by atoms with van der Waals surface area (Å²) in [4.78, 5) is 5.31. The van der Waals surface area contributed by atoms with E-state index >= 15 is 0 Å². The molecule has 0 spiro atoms. The smallest absolute Gasteiger partial charge is 0.173 e. The fourth-order valence-electron chi connectivity index (χ4n) is 1.29. The number of thiazole rings is 1. The van der Waals surface area contributed by atoms with Crippen molar-refractivity contribution in [1.82, 2.24) is 4.98 Å².